The third-order valence-electron chi connectivity index (χ3n) is 3.03. The molecular weight excluding hydrogens is 301 g/mol. The monoisotopic (exact) mass is 315 g/mol. The highest BCUT2D eigenvalue weighted by Gasteiger charge is 2.42. The van der Waals surface area contributed by atoms with Crippen LogP contribution in [0.15, 0.2) is 24.3 Å². The Morgan fingerprint density at radius 1 is 1.47 bits per heavy atom. The van der Waals surface area contributed by atoms with E-state index in [9.17, 15) is 4.79 Å². The number of rotatable bonds is 3. The number of hydrogen-bond acceptors (Lipinski definition) is 1. The lowest BCUT2D eigenvalue weighted by Gasteiger charge is -2.15. The van der Waals surface area contributed by atoms with Gasteiger partial charge in [0.1, 0.15) is 0 Å². The molecule has 1 saturated carbocycles. The maximum absolute atomic E-state index is 12.0. The number of amides is 1. The van der Waals surface area contributed by atoms with E-state index in [0.29, 0.717) is 0 Å². The number of halogens is 1. The molecule has 0 heterocycles. The summed E-state index contributed by atoms with van der Waals surface area (Å²) in [5, 5.41) is 3.13. The van der Waals surface area contributed by atoms with Gasteiger partial charge in [-0.2, -0.15) is 0 Å². The Morgan fingerprint density at radius 2 is 2.13 bits per heavy atom. The molecule has 3 heteroatoms. The molecule has 1 aromatic rings. The highest BCUT2D eigenvalue weighted by Crippen LogP contribution is 2.38. The van der Waals surface area contributed by atoms with E-state index in [1.807, 2.05) is 24.3 Å². The first-order valence-corrected chi connectivity index (χ1v) is 6.32. The van der Waals surface area contributed by atoms with E-state index in [1.54, 1.807) is 0 Å². The van der Waals surface area contributed by atoms with Crippen LogP contribution in [0.4, 0.5) is 0 Å². The van der Waals surface area contributed by atoms with Crippen molar-refractivity contribution < 1.29 is 4.79 Å². The van der Waals surface area contributed by atoms with Crippen molar-refractivity contribution in [3.05, 3.63) is 33.4 Å². The second-order valence-electron chi connectivity index (χ2n) is 4.07. The van der Waals surface area contributed by atoms with Gasteiger partial charge in [0, 0.05) is 9.11 Å². The quantitative estimate of drug-likeness (QED) is 0.854. The molecule has 0 bridgehead atoms. The summed E-state index contributed by atoms with van der Waals surface area (Å²) < 4.78 is 1.01. The fourth-order valence-electron chi connectivity index (χ4n) is 1.67. The van der Waals surface area contributed by atoms with Crippen LogP contribution in [0.2, 0.25) is 0 Å². The molecule has 1 N–H and O–H groups in total. The molecule has 2 rings (SSSR count). The largest absolute Gasteiger partial charge is 0.347 e. The number of hydrogen-bond donors (Lipinski definition) is 1. The molecule has 1 aliphatic rings. The summed E-state index contributed by atoms with van der Waals surface area (Å²) in [6.07, 6.45) is 3.28. The maximum atomic E-state index is 12.0. The molecule has 0 saturated heterocycles. The van der Waals surface area contributed by atoms with Crippen LogP contribution in [0.25, 0.3) is 0 Å². The molecule has 0 aromatic heterocycles. The van der Waals surface area contributed by atoms with Crippen LogP contribution >= 0.6 is 22.6 Å². The minimum Gasteiger partial charge on any atom is -0.347 e. The van der Waals surface area contributed by atoms with Gasteiger partial charge in [-0.15, -0.1) is 0 Å². The number of carbonyl (C=O) groups excluding carboxylic acids is 1. The summed E-state index contributed by atoms with van der Waals surface area (Å²) in [6.45, 7) is 2.13. The van der Waals surface area contributed by atoms with Crippen molar-refractivity contribution in [2.24, 2.45) is 0 Å². The highest BCUT2D eigenvalue weighted by molar-refractivity contribution is 14.1. The first kappa shape index (κ1) is 10.9. The molecule has 1 fully saturated rings. The Labute approximate surface area is 104 Å². The topological polar surface area (TPSA) is 29.1 Å². The van der Waals surface area contributed by atoms with Crippen LogP contribution in [-0.4, -0.2) is 11.4 Å². The van der Waals surface area contributed by atoms with E-state index in [4.69, 9.17) is 0 Å². The van der Waals surface area contributed by atoms with E-state index < -0.39 is 0 Å². The number of nitrogens with one attached hydrogen (secondary N) is 1. The zero-order valence-electron chi connectivity index (χ0n) is 8.72. The second kappa shape index (κ2) is 4.12. The van der Waals surface area contributed by atoms with Crippen LogP contribution < -0.4 is 5.32 Å². The lowest BCUT2D eigenvalue weighted by Crippen LogP contribution is -2.36. The molecule has 0 radical (unpaired) electrons. The van der Waals surface area contributed by atoms with E-state index in [0.717, 1.165) is 28.4 Å². The summed E-state index contributed by atoms with van der Waals surface area (Å²) in [4.78, 5) is 12.0. The molecule has 1 aromatic carbocycles. The Balaban J connectivity index is 2.12. The van der Waals surface area contributed by atoms with Gasteiger partial charge in [0.25, 0.3) is 5.91 Å². The standard InChI is InChI=1S/C12H14INO/c1-2-12(7-8-12)14-11(15)9-5-3-4-6-10(9)13/h3-6H,2,7-8H2,1H3,(H,14,15). The van der Waals surface area contributed by atoms with Gasteiger partial charge >= 0.3 is 0 Å². The van der Waals surface area contributed by atoms with E-state index in [-0.39, 0.29) is 11.4 Å². The van der Waals surface area contributed by atoms with E-state index in [2.05, 4.69) is 34.8 Å². The Morgan fingerprint density at radius 3 is 2.67 bits per heavy atom. The van der Waals surface area contributed by atoms with E-state index >= 15 is 0 Å². The fourth-order valence-corrected chi connectivity index (χ4v) is 2.30. The van der Waals surface area contributed by atoms with Crippen LogP contribution in [0.1, 0.15) is 36.5 Å². The van der Waals surface area contributed by atoms with Crippen LogP contribution in [0.3, 0.4) is 0 Å². The number of benzene rings is 1. The van der Waals surface area contributed by atoms with Crippen molar-refractivity contribution in [3.8, 4) is 0 Å². The summed E-state index contributed by atoms with van der Waals surface area (Å²) in [5.74, 6) is 0.0688. The minimum atomic E-state index is 0.0688. The van der Waals surface area contributed by atoms with E-state index in [1.165, 1.54) is 0 Å². The van der Waals surface area contributed by atoms with Crippen LogP contribution in [0.5, 0.6) is 0 Å². The molecule has 2 nitrogen and oxygen atoms in total. The first-order chi connectivity index (χ1) is 7.17. The van der Waals surface area contributed by atoms with Gasteiger partial charge in [-0.3, -0.25) is 4.79 Å². The molecular formula is C12H14INO. The zero-order valence-corrected chi connectivity index (χ0v) is 10.9. The Hall–Kier alpha value is -0.580. The normalized spacial score (nSPS) is 17.2. The average Bonchev–Trinajstić information content (AvgIpc) is 2.99. The first-order valence-electron chi connectivity index (χ1n) is 5.24. The number of carbonyl (C=O) groups is 1. The maximum Gasteiger partial charge on any atom is 0.252 e. The SMILES string of the molecule is CCC1(NC(=O)c2ccccc2I)CC1. The summed E-state index contributed by atoms with van der Waals surface area (Å²) in [7, 11) is 0. The van der Waals surface area contributed by atoms with Crippen molar-refractivity contribution in [2.75, 3.05) is 0 Å². The van der Waals surface area contributed by atoms with Crippen molar-refractivity contribution in [1.29, 1.82) is 0 Å². The summed E-state index contributed by atoms with van der Waals surface area (Å²) in [6, 6.07) is 7.69. The Kier molecular flexibility index (Phi) is 3.00. The zero-order chi connectivity index (χ0) is 10.9. The molecule has 1 amide bonds. The lowest BCUT2D eigenvalue weighted by molar-refractivity contribution is 0.0929. The second-order valence-corrected chi connectivity index (χ2v) is 5.23. The van der Waals surface area contributed by atoms with Gasteiger partial charge in [0.15, 0.2) is 0 Å². The molecule has 1 aliphatic carbocycles. The van der Waals surface area contributed by atoms with Gasteiger partial charge in [-0.1, -0.05) is 19.1 Å². The molecule has 80 valence electrons. The molecule has 0 atom stereocenters. The molecule has 0 unspecified atom stereocenters. The predicted octanol–water partition coefficient (Wildman–Crippen LogP) is 2.96. The third-order valence-corrected chi connectivity index (χ3v) is 3.97. The van der Waals surface area contributed by atoms with Crippen molar-refractivity contribution in [2.45, 2.75) is 31.7 Å². The van der Waals surface area contributed by atoms with Gasteiger partial charge in [-0.25, -0.2) is 0 Å². The highest BCUT2D eigenvalue weighted by atomic mass is 127. The van der Waals surface area contributed by atoms with Crippen LogP contribution in [0, 0.1) is 3.57 Å². The summed E-state index contributed by atoms with van der Waals surface area (Å²) in [5.41, 5.74) is 0.897. The smallest absolute Gasteiger partial charge is 0.252 e. The summed E-state index contributed by atoms with van der Waals surface area (Å²) >= 11 is 2.20. The average molecular weight is 315 g/mol. The third kappa shape index (κ3) is 2.33. The van der Waals surface area contributed by atoms with Crippen molar-refractivity contribution >= 4 is 28.5 Å². The van der Waals surface area contributed by atoms with Crippen molar-refractivity contribution in [3.63, 3.8) is 0 Å². The van der Waals surface area contributed by atoms with Gasteiger partial charge in [-0.05, 0) is 54.0 Å². The molecule has 0 spiro atoms. The molecule has 0 aliphatic heterocycles. The fraction of sp³-hybridized carbons (Fsp3) is 0.417. The van der Waals surface area contributed by atoms with Gasteiger partial charge in [0.05, 0.1) is 5.56 Å². The van der Waals surface area contributed by atoms with Crippen molar-refractivity contribution in [1.82, 2.24) is 5.32 Å². The predicted molar refractivity (Wildman–Crippen MR) is 68.9 cm³/mol. The van der Waals surface area contributed by atoms with Gasteiger partial charge in [0.2, 0.25) is 0 Å². The lowest BCUT2D eigenvalue weighted by atomic mass is 10.1. The Bertz CT molecular complexity index is 385. The van der Waals surface area contributed by atoms with Gasteiger partial charge < -0.3 is 5.32 Å². The van der Waals surface area contributed by atoms with Crippen LogP contribution in [-0.2, 0) is 0 Å². The minimum absolute atomic E-state index is 0.0688. The molecule has 15 heavy (non-hydrogen) atoms.